The van der Waals surface area contributed by atoms with Crippen molar-refractivity contribution in [3.8, 4) is 11.6 Å². The second kappa shape index (κ2) is 14.8. The molecule has 43 heavy (non-hydrogen) atoms. The van der Waals surface area contributed by atoms with Gasteiger partial charge in [-0.1, -0.05) is 20.8 Å². The lowest BCUT2D eigenvalue weighted by atomic mass is 9.82. The Labute approximate surface area is 249 Å². The Kier molecular flexibility index (Phi) is 11.4. The Bertz CT molecular complexity index is 1380. The predicted octanol–water partition coefficient (Wildman–Crippen LogP) is 7.59. The predicted molar refractivity (Wildman–Crippen MR) is 157 cm³/mol. The minimum Gasteiger partial charge on any atom is -0.478 e. The summed E-state index contributed by atoms with van der Waals surface area (Å²) in [6.07, 6.45) is 4.08. The first kappa shape index (κ1) is 33.3. The second-order valence-corrected chi connectivity index (χ2v) is 10.5. The zero-order chi connectivity index (χ0) is 31.7. The van der Waals surface area contributed by atoms with E-state index in [1.165, 1.54) is 41.8 Å². The number of alkyl halides is 3. The number of carboxylic acids is 1. The van der Waals surface area contributed by atoms with Crippen LogP contribution >= 0.6 is 0 Å². The number of carboxylic acid groups (broad SMARTS) is 1. The van der Waals surface area contributed by atoms with Crippen LogP contribution in [0.2, 0.25) is 0 Å². The third-order valence-electron chi connectivity index (χ3n) is 7.04. The van der Waals surface area contributed by atoms with E-state index in [4.69, 9.17) is 4.74 Å². The number of hydrogen-bond donors (Lipinski definition) is 2. The zero-order valence-electron chi connectivity index (χ0n) is 25.0. The zero-order valence-corrected chi connectivity index (χ0v) is 25.0. The van der Waals surface area contributed by atoms with E-state index in [0.717, 1.165) is 37.8 Å². The molecule has 2 heterocycles. The van der Waals surface area contributed by atoms with Crippen LogP contribution in [0, 0.1) is 11.8 Å². The van der Waals surface area contributed by atoms with Gasteiger partial charge in [0.1, 0.15) is 17.1 Å². The van der Waals surface area contributed by atoms with E-state index < -0.39 is 23.6 Å². The largest absolute Gasteiger partial charge is 0.478 e. The summed E-state index contributed by atoms with van der Waals surface area (Å²) in [6.45, 7) is 9.73. The molecule has 3 aromatic rings. The number of carbonyl (C=O) groups excluding carboxylic acids is 1. The highest BCUT2D eigenvalue weighted by Crippen LogP contribution is 2.39. The number of ether oxygens (including phenoxy) is 1. The number of pyridine rings is 1. The van der Waals surface area contributed by atoms with Crippen LogP contribution in [0.25, 0.3) is 0 Å². The molecule has 1 aromatic carbocycles. The smallest absolute Gasteiger partial charge is 0.421 e. The number of amides is 1. The molecule has 1 aliphatic carbocycles. The van der Waals surface area contributed by atoms with Crippen molar-refractivity contribution in [3.05, 3.63) is 65.7 Å². The fourth-order valence-corrected chi connectivity index (χ4v) is 4.89. The molecule has 1 fully saturated rings. The van der Waals surface area contributed by atoms with Crippen LogP contribution < -0.4 is 15.0 Å². The summed E-state index contributed by atoms with van der Waals surface area (Å²) in [5.74, 6) is -1.67. The lowest BCUT2D eigenvalue weighted by molar-refractivity contribution is -0.139. The average molecular weight is 602 g/mol. The summed E-state index contributed by atoms with van der Waals surface area (Å²) >= 11 is 0. The van der Waals surface area contributed by atoms with Crippen LogP contribution in [0.4, 0.5) is 24.7 Å². The average Bonchev–Trinajstić information content (AvgIpc) is 2.98. The second-order valence-electron chi connectivity index (χ2n) is 10.5. The third-order valence-corrected chi connectivity index (χ3v) is 7.04. The molecule has 232 valence electrons. The van der Waals surface area contributed by atoms with Crippen LogP contribution in [0.3, 0.4) is 0 Å². The van der Waals surface area contributed by atoms with Gasteiger partial charge in [-0.05, 0) is 75.3 Å². The fourth-order valence-electron chi connectivity index (χ4n) is 4.89. The van der Waals surface area contributed by atoms with Crippen molar-refractivity contribution in [3.63, 3.8) is 0 Å². The van der Waals surface area contributed by atoms with Gasteiger partial charge in [0.25, 0.3) is 0 Å². The van der Waals surface area contributed by atoms with Crippen LogP contribution in [-0.2, 0) is 17.5 Å². The highest BCUT2D eigenvalue weighted by molar-refractivity contribution is 6.03. The molecular weight excluding hydrogens is 563 g/mol. The van der Waals surface area contributed by atoms with Crippen molar-refractivity contribution in [2.75, 3.05) is 10.2 Å². The molecule has 1 amide bonds. The van der Waals surface area contributed by atoms with Crippen LogP contribution in [0.5, 0.6) is 11.6 Å². The first-order chi connectivity index (χ1) is 20.4. The van der Waals surface area contributed by atoms with Gasteiger partial charge < -0.3 is 20.1 Å². The normalized spacial score (nSPS) is 16.6. The molecule has 0 aliphatic heterocycles. The lowest BCUT2D eigenvalue weighted by Gasteiger charge is -2.34. The molecule has 1 saturated carbocycles. The summed E-state index contributed by atoms with van der Waals surface area (Å²) in [5.41, 5.74) is -0.993. The topological polar surface area (TPSA) is 118 Å². The van der Waals surface area contributed by atoms with Crippen LogP contribution in [-0.4, -0.2) is 38.0 Å². The Morgan fingerprint density at radius 2 is 1.77 bits per heavy atom. The molecule has 12 heteroatoms. The maximum atomic E-state index is 13.9. The van der Waals surface area contributed by atoms with Crippen molar-refractivity contribution in [2.45, 2.75) is 79.1 Å². The van der Waals surface area contributed by atoms with Gasteiger partial charge in [0.2, 0.25) is 11.8 Å². The number of rotatable bonds is 9. The fraction of sp³-hybridized carbons (Fsp3) is 0.452. The van der Waals surface area contributed by atoms with Gasteiger partial charge in [-0.2, -0.15) is 13.2 Å². The number of aromatic carboxylic acids is 1. The molecule has 9 nitrogen and oxygen atoms in total. The Morgan fingerprint density at radius 1 is 1.07 bits per heavy atom. The van der Waals surface area contributed by atoms with E-state index in [9.17, 15) is 27.9 Å². The number of halogens is 3. The maximum Gasteiger partial charge on any atom is 0.421 e. The quantitative estimate of drug-likeness (QED) is 0.258. The van der Waals surface area contributed by atoms with E-state index in [1.807, 2.05) is 13.8 Å². The van der Waals surface area contributed by atoms with E-state index in [0.29, 0.717) is 11.7 Å². The van der Waals surface area contributed by atoms with Crippen molar-refractivity contribution >= 4 is 23.4 Å². The minimum atomic E-state index is -4.79. The van der Waals surface area contributed by atoms with E-state index in [2.05, 4.69) is 27.2 Å². The first-order valence-electron chi connectivity index (χ1n) is 14.4. The van der Waals surface area contributed by atoms with Gasteiger partial charge in [0, 0.05) is 37.1 Å². The number of hydrogen-bond acceptors (Lipinski definition) is 7. The van der Waals surface area contributed by atoms with Gasteiger partial charge in [0.15, 0.2) is 0 Å². The van der Waals surface area contributed by atoms with Crippen molar-refractivity contribution in [1.82, 2.24) is 15.0 Å². The van der Waals surface area contributed by atoms with Crippen molar-refractivity contribution in [1.29, 1.82) is 0 Å². The molecule has 0 bridgehead atoms. The molecule has 0 radical (unpaired) electrons. The molecule has 0 atom stereocenters. The third kappa shape index (κ3) is 8.65. The van der Waals surface area contributed by atoms with E-state index in [-0.39, 0.29) is 47.0 Å². The van der Waals surface area contributed by atoms with Crippen molar-refractivity contribution in [2.24, 2.45) is 11.8 Å². The Hall–Kier alpha value is -4.22. The van der Waals surface area contributed by atoms with Gasteiger partial charge in [-0.25, -0.2) is 14.8 Å². The first-order valence-corrected chi connectivity index (χ1v) is 14.4. The number of carbonyl (C=O) groups is 2. The van der Waals surface area contributed by atoms with Gasteiger partial charge in [0.05, 0.1) is 17.4 Å². The number of aromatic nitrogens is 3. The molecule has 4 rings (SSSR count). The number of anilines is 2. The summed E-state index contributed by atoms with van der Waals surface area (Å²) in [7, 11) is 0. The van der Waals surface area contributed by atoms with Crippen LogP contribution in [0.15, 0.2) is 49.1 Å². The van der Waals surface area contributed by atoms with Gasteiger partial charge >= 0.3 is 12.1 Å². The van der Waals surface area contributed by atoms with E-state index >= 15 is 0 Å². The number of benzene rings is 1. The SMILES string of the molecule is CC.CC1CCC(C(=O)N(c2ccc(Oc3ncc(CNc4cnccn4)cc3C(F)(F)F)cc2C(=O)O)C(C)C)CC1. The number of nitrogens with zero attached hydrogens (tertiary/aromatic N) is 4. The summed E-state index contributed by atoms with van der Waals surface area (Å²) < 4.78 is 47.3. The van der Waals surface area contributed by atoms with Gasteiger partial charge in [-0.15, -0.1) is 0 Å². The number of nitrogens with one attached hydrogen (secondary N) is 1. The summed E-state index contributed by atoms with van der Waals surface area (Å²) in [4.78, 5) is 39.0. The maximum absolute atomic E-state index is 13.9. The highest BCUT2D eigenvalue weighted by Gasteiger charge is 2.36. The Morgan fingerprint density at radius 3 is 2.35 bits per heavy atom. The van der Waals surface area contributed by atoms with Crippen molar-refractivity contribution < 1.29 is 32.6 Å². The summed E-state index contributed by atoms with van der Waals surface area (Å²) in [5, 5.41) is 12.9. The minimum absolute atomic E-state index is 0.00584. The molecular formula is C31H38F3N5O4. The highest BCUT2D eigenvalue weighted by atomic mass is 19.4. The van der Waals surface area contributed by atoms with E-state index in [1.54, 1.807) is 13.8 Å². The molecule has 0 unspecified atom stereocenters. The molecule has 2 aromatic heterocycles. The lowest BCUT2D eigenvalue weighted by Crippen LogP contribution is -2.42. The monoisotopic (exact) mass is 601 g/mol. The van der Waals surface area contributed by atoms with Gasteiger partial charge in [-0.3, -0.25) is 9.78 Å². The molecule has 0 saturated heterocycles. The summed E-state index contributed by atoms with van der Waals surface area (Å²) in [6, 6.07) is 4.43. The standard InChI is InChI=1S/C29H32F3N5O4.C2H6/c1-17(2)37(27(38)20-6-4-18(3)5-7-20)24-9-8-21(13-22(24)28(39)40)41-26-23(29(30,31)32)12-19(15-36-26)14-35-25-16-33-10-11-34-25;1-2/h8-13,15-18,20H,4-7,14H2,1-3H3,(H,34,35)(H,39,40);1-2H3. The molecule has 0 spiro atoms. The van der Waals surface area contributed by atoms with Crippen LogP contribution in [0.1, 0.15) is 81.8 Å². The Balaban J connectivity index is 0.00000248. The molecule has 2 N–H and O–H groups in total. The molecule has 1 aliphatic rings.